The second-order valence-electron chi connectivity index (χ2n) is 8.34. The molecule has 0 amide bonds. The predicted molar refractivity (Wildman–Crippen MR) is 130 cm³/mol. The monoisotopic (exact) mass is 442 g/mol. The molecule has 1 aromatic heterocycles. The highest BCUT2D eigenvalue weighted by molar-refractivity contribution is 5.91. The highest BCUT2D eigenvalue weighted by atomic mass is 16.5. The quantitative estimate of drug-likeness (QED) is 0.148. The molecule has 0 saturated heterocycles. The maximum atomic E-state index is 11.3. The number of hydrogen-bond acceptors (Lipinski definition) is 5. The van der Waals surface area contributed by atoms with Crippen LogP contribution in [0.15, 0.2) is 46.6 Å². The largest absolute Gasteiger partial charge is 0.478 e. The van der Waals surface area contributed by atoms with Crippen LogP contribution < -0.4 is 11.5 Å². The first-order chi connectivity index (χ1) is 15.5. The van der Waals surface area contributed by atoms with Crippen LogP contribution in [0.1, 0.15) is 82.0 Å². The van der Waals surface area contributed by atoms with Crippen LogP contribution in [0.3, 0.4) is 0 Å². The van der Waals surface area contributed by atoms with E-state index in [2.05, 4.69) is 0 Å². The van der Waals surface area contributed by atoms with Crippen LogP contribution in [-0.2, 0) is 16.1 Å². The molecule has 6 heteroatoms. The van der Waals surface area contributed by atoms with Crippen molar-refractivity contribution in [3.63, 3.8) is 0 Å². The summed E-state index contributed by atoms with van der Waals surface area (Å²) in [7, 11) is 0. The van der Waals surface area contributed by atoms with E-state index >= 15 is 0 Å². The van der Waals surface area contributed by atoms with Crippen molar-refractivity contribution in [2.75, 3.05) is 18.1 Å². The molecular weight excluding hydrogens is 404 g/mol. The molecule has 5 N–H and O–H groups in total. The van der Waals surface area contributed by atoms with Crippen molar-refractivity contribution in [3.8, 4) is 0 Å². The average molecular weight is 443 g/mol. The van der Waals surface area contributed by atoms with Gasteiger partial charge in [-0.1, -0.05) is 51.4 Å². The van der Waals surface area contributed by atoms with Gasteiger partial charge >= 0.3 is 5.97 Å². The van der Waals surface area contributed by atoms with Crippen LogP contribution in [0.25, 0.3) is 6.08 Å². The third-order valence-corrected chi connectivity index (χ3v) is 5.43. The van der Waals surface area contributed by atoms with E-state index in [0.717, 1.165) is 37.9 Å². The second-order valence-corrected chi connectivity index (χ2v) is 8.34. The Hall–Kier alpha value is -2.73. The molecular formula is C26H38N2O4. The second kappa shape index (κ2) is 15.1. The molecule has 0 bridgehead atoms. The van der Waals surface area contributed by atoms with Gasteiger partial charge in [0, 0.05) is 23.6 Å². The molecule has 0 aliphatic rings. The summed E-state index contributed by atoms with van der Waals surface area (Å²) in [5.74, 6) is -0.262. The molecule has 0 atom stereocenters. The zero-order valence-electron chi connectivity index (χ0n) is 19.1. The summed E-state index contributed by atoms with van der Waals surface area (Å²) >= 11 is 0. The first kappa shape index (κ1) is 25.5. The van der Waals surface area contributed by atoms with Crippen molar-refractivity contribution < 1.29 is 19.1 Å². The van der Waals surface area contributed by atoms with E-state index in [4.69, 9.17) is 20.6 Å². The van der Waals surface area contributed by atoms with Crippen molar-refractivity contribution in [2.24, 2.45) is 0 Å². The van der Waals surface area contributed by atoms with Crippen LogP contribution in [-0.4, -0.2) is 17.7 Å². The third kappa shape index (κ3) is 11.0. The number of ether oxygens (including phenoxy) is 1. The minimum Gasteiger partial charge on any atom is -0.478 e. The normalized spacial score (nSPS) is 11.7. The minimum absolute atomic E-state index is 0.418. The Labute approximate surface area is 191 Å². The van der Waals surface area contributed by atoms with Crippen LogP contribution in [0, 0.1) is 0 Å². The fourth-order valence-corrected chi connectivity index (χ4v) is 3.74. The van der Waals surface area contributed by atoms with Crippen LogP contribution in [0.4, 0.5) is 11.4 Å². The third-order valence-electron chi connectivity index (χ3n) is 5.43. The Morgan fingerprint density at radius 2 is 1.50 bits per heavy atom. The van der Waals surface area contributed by atoms with Gasteiger partial charge in [-0.2, -0.15) is 0 Å². The van der Waals surface area contributed by atoms with Crippen molar-refractivity contribution in [3.05, 3.63) is 53.5 Å². The van der Waals surface area contributed by atoms with Gasteiger partial charge < -0.3 is 25.7 Å². The molecule has 1 aromatic carbocycles. The molecule has 2 rings (SSSR count). The number of hydrogen-bond donors (Lipinski definition) is 3. The molecule has 0 aliphatic carbocycles. The topological polar surface area (TPSA) is 112 Å². The van der Waals surface area contributed by atoms with E-state index in [1.165, 1.54) is 38.5 Å². The number of rotatable bonds is 17. The van der Waals surface area contributed by atoms with Gasteiger partial charge in [0.05, 0.1) is 12.9 Å². The Balaban J connectivity index is 1.39. The number of aliphatic carboxylic acids is 1. The Bertz CT molecular complexity index is 795. The fraction of sp³-hybridized carbons (Fsp3) is 0.500. The molecule has 176 valence electrons. The fourth-order valence-electron chi connectivity index (χ4n) is 3.74. The van der Waals surface area contributed by atoms with E-state index < -0.39 is 5.97 Å². The smallest absolute Gasteiger partial charge is 0.331 e. The van der Waals surface area contributed by atoms with Gasteiger partial charge in [0.15, 0.2) is 0 Å². The maximum absolute atomic E-state index is 11.3. The molecule has 0 radical (unpaired) electrons. The highest BCUT2D eigenvalue weighted by Gasteiger charge is 2.08. The minimum atomic E-state index is -0.860. The van der Waals surface area contributed by atoms with Crippen molar-refractivity contribution in [2.45, 2.75) is 77.2 Å². The van der Waals surface area contributed by atoms with Gasteiger partial charge in [0.25, 0.3) is 0 Å². The van der Waals surface area contributed by atoms with Gasteiger partial charge in [0.2, 0.25) is 0 Å². The summed E-state index contributed by atoms with van der Waals surface area (Å²) in [6, 6.07) is 9.09. The predicted octanol–water partition coefficient (Wildman–Crippen LogP) is 6.42. The number of carbonyl (C=O) groups is 1. The number of carboxylic acid groups (broad SMARTS) is 1. The first-order valence-corrected chi connectivity index (χ1v) is 11.7. The number of nitrogen functional groups attached to an aromatic ring is 2. The van der Waals surface area contributed by atoms with Gasteiger partial charge in [-0.15, -0.1) is 0 Å². The van der Waals surface area contributed by atoms with Gasteiger partial charge in [0.1, 0.15) is 5.76 Å². The average Bonchev–Trinajstić information content (AvgIpc) is 3.25. The molecule has 32 heavy (non-hydrogen) atoms. The lowest BCUT2D eigenvalue weighted by Gasteiger charge is -2.07. The molecule has 0 spiro atoms. The summed E-state index contributed by atoms with van der Waals surface area (Å²) in [5.41, 5.74) is 14.4. The van der Waals surface area contributed by atoms with Crippen molar-refractivity contribution in [1.82, 2.24) is 0 Å². The number of benzene rings is 1. The molecule has 0 fully saturated rings. The van der Waals surface area contributed by atoms with Crippen LogP contribution in [0.5, 0.6) is 0 Å². The van der Waals surface area contributed by atoms with Crippen molar-refractivity contribution in [1.29, 1.82) is 0 Å². The highest BCUT2D eigenvalue weighted by Crippen LogP contribution is 2.17. The molecule has 6 nitrogen and oxygen atoms in total. The lowest BCUT2D eigenvalue weighted by atomic mass is 10.0. The van der Waals surface area contributed by atoms with Crippen LogP contribution in [0.2, 0.25) is 0 Å². The summed E-state index contributed by atoms with van der Waals surface area (Å²) in [6.45, 7) is 1.32. The Kier molecular flexibility index (Phi) is 12.1. The van der Waals surface area contributed by atoms with Gasteiger partial charge in [-0.3, -0.25) is 0 Å². The summed E-state index contributed by atoms with van der Waals surface area (Å²) in [5, 5.41) is 9.31. The zero-order valence-corrected chi connectivity index (χ0v) is 19.1. The lowest BCUT2D eigenvalue weighted by Crippen LogP contribution is -2.00. The summed E-state index contributed by atoms with van der Waals surface area (Å²) < 4.78 is 10.9. The molecule has 2 aromatic rings. The maximum Gasteiger partial charge on any atom is 0.331 e. The lowest BCUT2D eigenvalue weighted by molar-refractivity contribution is -0.132. The molecule has 0 unspecified atom stereocenters. The standard InChI is InChI=1S/C26H38N2O4/c27-23-16-21(17-24(28)19-23)20-31-14-10-8-6-4-2-1-3-5-7-9-12-22(26(29)30)18-25-13-11-15-32-25/h11,13,15-19H,1-10,12,14,20,27-28H2,(H,29,30). The molecule has 0 aliphatic heterocycles. The van der Waals surface area contributed by atoms with Gasteiger partial charge in [-0.25, -0.2) is 4.79 Å². The van der Waals surface area contributed by atoms with E-state index in [-0.39, 0.29) is 0 Å². The van der Waals surface area contributed by atoms with E-state index in [0.29, 0.717) is 35.7 Å². The molecule has 0 saturated carbocycles. The first-order valence-electron chi connectivity index (χ1n) is 11.7. The van der Waals surface area contributed by atoms with Crippen molar-refractivity contribution >= 4 is 23.4 Å². The molecule has 1 heterocycles. The zero-order chi connectivity index (χ0) is 23.0. The van der Waals surface area contributed by atoms with E-state index in [1.807, 2.05) is 12.1 Å². The number of carboxylic acids is 1. The van der Waals surface area contributed by atoms with E-state index in [1.54, 1.807) is 30.5 Å². The van der Waals surface area contributed by atoms with Gasteiger partial charge in [-0.05, 0) is 61.2 Å². The number of anilines is 2. The number of unbranched alkanes of at least 4 members (excludes halogenated alkanes) is 9. The summed E-state index contributed by atoms with van der Waals surface area (Å²) in [6.07, 6.45) is 15.4. The Morgan fingerprint density at radius 3 is 2.06 bits per heavy atom. The Morgan fingerprint density at radius 1 is 0.906 bits per heavy atom. The SMILES string of the molecule is Nc1cc(N)cc(COCCCCCCCCCCCCC(=Cc2ccco2)C(=O)O)c1. The number of nitrogens with two attached hydrogens (primary N) is 2. The summed E-state index contributed by atoms with van der Waals surface area (Å²) in [4.78, 5) is 11.3. The number of furan rings is 1. The van der Waals surface area contributed by atoms with E-state index in [9.17, 15) is 9.90 Å². The van der Waals surface area contributed by atoms with Crippen LogP contribution >= 0.6 is 0 Å².